The van der Waals surface area contributed by atoms with Crippen molar-refractivity contribution in [1.82, 2.24) is 9.80 Å². The van der Waals surface area contributed by atoms with E-state index in [1.165, 1.54) is 23.8 Å². The minimum atomic E-state index is -0.575. The van der Waals surface area contributed by atoms with E-state index in [1.807, 2.05) is 25.2 Å². The fourth-order valence-electron chi connectivity index (χ4n) is 4.02. The third kappa shape index (κ3) is 3.92. The normalized spacial score (nSPS) is 21.9. The minimum absolute atomic E-state index is 0.0369. The lowest BCUT2D eigenvalue weighted by Gasteiger charge is -2.50. The Morgan fingerprint density at radius 2 is 1.89 bits per heavy atom. The zero-order valence-electron chi connectivity index (χ0n) is 16.6. The molecule has 6 heteroatoms. The Kier molecular flexibility index (Phi) is 5.79. The number of rotatable bonds is 5. The van der Waals surface area contributed by atoms with Crippen LogP contribution < -0.4 is 0 Å². The zero-order chi connectivity index (χ0) is 20.3. The molecule has 28 heavy (non-hydrogen) atoms. The van der Waals surface area contributed by atoms with Crippen molar-refractivity contribution in [2.75, 3.05) is 27.2 Å². The molecule has 3 rings (SSSR count). The number of nitrogens with zero attached hydrogens (tertiary/aromatic N) is 3. The maximum Gasteiger partial charge on any atom is 0.279 e. The van der Waals surface area contributed by atoms with Crippen LogP contribution in [0.15, 0.2) is 54.2 Å². The highest BCUT2D eigenvalue weighted by molar-refractivity contribution is 5.63. The van der Waals surface area contributed by atoms with E-state index < -0.39 is 10.7 Å². The summed E-state index contributed by atoms with van der Waals surface area (Å²) in [5.74, 6) is -0.575. The van der Waals surface area contributed by atoms with E-state index in [2.05, 4.69) is 35.9 Å². The van der Waals surface area contributed by atoms with Crippen LogP contribution in [0.3, 0.4) is 0 Å². The summed E-state index contributed by atoms with van der Waals surface area (Å²) in [4.78, 5) is 15.2. The van der Waals surface area contributed by atoms with Crippen molar-refractivity contribution in [3.63, 3.8) is 0 Å². The van der Waals surface area contributed by atoms with Gasteiger partial charge < -0.3 is 4.90 Å². The SMILES string of the molecule is CCC1(Cc2ccccc2)CN(C)C(=Cc2c(F)cccc2[N+](=O)[O-])CN1C. The lowest BCUT2D eigenvalue weighted by atomic mass is 9.84. The molecule has 0 N–H and O–H groups in total. The first-order valence-electron chi connectivity index (χ1n) is 9.46. The van der Waals surface area contributed by atoms with E-state index >= 15 is 0 Å². The number of nitro benzene ring substituents is 1. The number of halogens is 1. The zero-order valence-corrected chi connectivity index (χ0v) is 16.6. The lowest BCUT2D eigenvalue weighted by Crippen LogP contribution is -2.59. The summed E-state index contributed by atoms with van der Waals surface area (Å²) in [6, 6.07) is 14.4. The van der Waals surface area contributed by atoms with Gasteiger partial charge in [0, 0.05) is 37.4 Å². The second-order valence-electron chi connectivity index (χ2n) is 7.52. The molecule has 1 unspecified atom stereocenters. The van der Waals surface area contributed by atoms with Gasteiger partial charge in [0.1, 0.15) is 5.82 Å². The largest absolute Gasteiger partial charge is 0.375 e. The summed E-state index contributed by atoms with van der Waals surface area (Å²) >= 11 is 0. The fourth-order valence-corrected chi connectivity index (χ4v) is 4.02. The molecular weight excluding hydrogens is 357 g/mol. The predicted molar refractivity (Wildman–Crippen MR) is 109 cm³/mol. The summed E-state index contributed by atoms with van der Waals surface area (Å²) in [5.41, 5.74) is 1.93. The number of benzene rings is 2. The summed E-state index contributed by atoms with van der Waals surface area (Å²) in [6.45, 7) is 3.55. The standard InChI is InChI=1S/C22H26FN3O2/c1-4-22(14-17-9-6-5-7-10-17)16-24(2)18(15-25(22)3)13-19-20(23)11-8-12-21(19)26(27)28/h5-13H,4,14-16H2,1-3H3. The number of piperazine rings is 1. The first kappa shape index (κ1) is 20.0. The fraction of sp³-hybridized carbons (Fsp3) is 0.364. The van der Waals surface area contributed by atoms with E-state index in [0.717, 1.165) is 25.1 Å². The van der Waals surface area contributed by atoms with E-state index in [1.54, 1.807) is 6.08 Å². The Morgan fingerprint density at radius 1 is 1.18 bits per heavy atom. The van der Waals surface area contributed by atoms with Gasteiger partial charge in [-0.2, -0.15) is 0 Å². The number of nitro groups is 1. The minimum Gasteiger partial charge on any atom is -0.375 e. The van der Waals surface area contributed by atoms with Crippen molar-refractivity contribution in [3.8, 4) is 0 Å². The van der Waals surface area contributed by atoms with Gasteiger partial charge in [0.25, 0.3) is 5.69 Å². The molecule has 0 aromatic heterocycles. The molecule has 0 bridgehead atoms. The summed E-state index contributed by atoms with van der Waals surface area (Å²) < 4.78 is 14.3. The second-order valence-corrected chi connectivity index (χ2v) is 7.52. The topological polar surface area (TPSA) is 49.6 Å². The Labute approximate surface area is 165 Å². The van der Waals surface area contributed by atoms with Crippen LogP contribution in [0, 0.1) is 15.9 Å². The predicted octanol–water partition coefficient (Wildman–Crippen LogP) is 4.34. The third-order valence-electron chi connectivity index (χ3n) is 5.80. The molecule has 1 atom stereocenters. The van der Waals surface area contributed by atoms with Crippen LogP contribution in [-0.2, 0) is 6.42 Å². The molecule has 0 radical (unpaired) electrons. The molecule has 2 aromatic rings. The van der Waals surface area contributed by atoms with E-state index in [-0.39, 0.29) is 16.8 Å². The maximum absolute atomic E-state index is 14.3. The van der Waals surface area contributed by atoms with Crippen LogP contribution in [-0.4, -0.2) is 47.4 Å². The van der Waals surface area contributed by atoms with E-state index in [4.69, 9.17) is 0 Å². The van der Waals surface area contributed by atoms with Crippen molar-refractivity contribution in [3.05, 3.63) is 81.3 Å². The Morgan fingerprint density at radius 3 is 2.54 bits per heavy atom. The van der Waals surface area contributed by atoms with Gasteiger partial charge in [-0.3, -0.25) is 15.0 Å². The van der Waals surface area contributed by atoms with Crippen molar-refractivity contribution < 1.29 is 9.31 Å². The molecule has 148 valence electrons. The molecule has 1 saturated heterocycles. The molecule has 1 aliphatic rings. The van der Waals surface area contributed by atoms with Gasteiger partial charge in [-0.15, -0.1) is 0 Å². The van der Waals surface area contributed by atoms with Gasteiger partial charge in [0.2, 0.25) is 0 Å². The summed E-state index contributed by atoms with van der Waals surface area (Å²) in [5, 5.41) is 11.3. The Balaban J connectivity index is 1.91. The van der Waals surface area contributed by atoms with E-state index in [9.17, 15) is 14.5 Å². The molecule has 1 fully saturated rings. The molecule has 0 aliphatic carbocycles. The average molecular weight is 383 g/mol. The third-order valence-corrected chi connectivity index (χ3v) is 5.80. The monoisotopic (exact) mass is 383 g/mol. The average Bonchev–Trinajstić information content (AvgIpc) is 2.67. The van der Waals surface area contributed by atoms with Crippen LogP contribution in [0.1, 0.15) is 24.5 Å². The highest BCUT2D eigenvalue weighted by atomic mass is 19.1. The van der Waals surface area contributed by atoms with Crippen molar-refractivity contribution >= 4 is 11.8 Å². The van der Waals surface area contributed by atoms with Crippen LogP contribution in [0.5, 0.6) is 0 Å². The van der Waals surface area contributed by atoms with Crippen LogP contribution in [0.4, 0.5) is 10.1 Å². The lowest BCUT2D eigenvalue weighted by molar-refractivity contribution is -0.385. The summed E-state index contributed by atoms with van der Waals surface area (Å²) in [6.07, 6.45) is 3.50. The van der Waals surface area contributed by atoms with E-state index in [0.29, 0.717) is 6.54 Å². The molecule has 1 heterocycles. The summed E-state index contributed by atoms with van der Waals surface area (Å²) in [7, 11) is 4.05. The molecular formula is C22H26FN3O2. The van der Waals surface area contributed by atoms with Gasteiger partial charge in [-0.25, -0.2) is 4.39 Å². The molecule has 5 nitrogen and oxygen atoms in total. The van der Waals surface area contributed by atoms with Crippen LogP contribution in [0.2, 0.25) is 0 Å². The molecule has 1 aliphatic heterocycles. The van der Waals surface area contributed by atoms with Gasteiger partial charge in [-0.05, 0) is 37.6 Å². The maximum atomic E-state index is 14.3. The Bertz CT molecular complexity index is 885. The van der Waals surface area contributed by atoms with Gasteiger partial charge in [0.15, 0.2) is 0 Å². The number of hydrogen-bond donors (Lipinski definition) is 0. The van der Waals surface area contributed by atoms with Crippen molar-refractivity contribution in [2.24, 2.45) is 0 Å². The highest BCUT2D eigenvalue weighted by Gasteiger charge is 2.39. The first-order chi connectivity index (χ1) is 13.4. The molecule has 0 amide bonds. The van der Waals surface area contributed by atoms with Crippen molar-refractivity contribution in [1.29, 1.82) is 0 Å². The number of hydrogen-bond acceptors (Lipinski definition) is 4. The molecule has 2 aromatic carbocycles. The quantitative estimate of drug-likeness (QED) is 0.569. The van der Waals surface area contributed by atoms with Gasteiger partial charge in [0.05, 0.1) is 10.5 Å². The first-order valence-corrected chi connectivity index (χ1v) is 9.46. The number of likely N-dealkylation sites (N-methyl/N-ethyl adjacent to an activating group) is 2. The van der Waals surface area contributed by atoms with Crippen LogP contribution in [0.25, 0.3) is 6.08 Å². The molecule has 0 saturated carbocycles. The van der Waals surface area contributed by atoms with Gasteiger partial charge in [-0.1, -0.05) is 43.3 Å². The molecule has 0 spiro atoms. The van der Waals surface area contributed by atoms with Gasteiger partial charge >= 0.3 is 0 Å². The Hall–Kier alpha value is -2.73. The highest BCUT2D eigenvalue weighted by Crippen LogP contribution is 2.33. The smallest absolute Gasteiger partial charge is 0.279 e. The second kappa shape index (κ2) is 8.10. The van der Waals surface area contributed by atoms with Crippen molar-refractivity contribution in [2.45, 2.75) is 25.3 Å². The van der Waals surface area contributed by atoms with Crippen LogP contribution >= 0.6 is 0 Å².